The number of piperidine rings is 1. The van der Waals surface area contributed by atoms with Crippen LogP contribution in [0, 0.1) is 23.7 Å². The molecule has 29 heavy (non-hydrogen) atoms. The van der Waals surface area contributed by atoms with Crippen LogP contribution in [0.2, 0.25) is 0 Å². The van der Waals surface area contributed by atoms with Crippen LogP contribution in [-0.2, 0) is 7.05 Å². The molecule has 0 radical (unpaired) electrons. The second-order valence-electron chi connectivity index (χ2n) is 6.99. The van der Waals surface area contributed by atoms with Crippen molar-refractivity contribution < 1.29 is 0 Å². The summed E-state index contributed by atoms with van der Waals surface area (Å²) < 4.78 is 2.96. The Hall–Kier alpha value is -3.91. The van der Waals surface area contributed by atoms with Gasteiger partial charge < -0.3 is 9.47 Å². The number of rotatable bonds is 2. The van der Waals surface area contributed by atoms with Crippen molar-refractivity contribution in [2.24, 2.45) is 7.05 Å². The van der Waals surface area contributed by atoms with Crippen molar-refractivity contribution in [1.82, 2.24) is 19.1 Å². The average molecular weight is 386 g/mol. The molecule has 0 atom stereocenters. The highest BCUT2D eigenvalue weighted by Gasteiger charge is 2.25. The van der Waals surface area contributed by atoms with Crippen LogP contribution in [0.25, 0.3) is 11.0 Å². The van der Waals surface area contributed by atoms with E-state index in [1.54, 1.807) is 23.7 Å². The maximum Gasteiger partial charge on any atom is 0.317 e. The molecule has 0 saturated carbocycles. The van der Waals surface area contributed by atoms with Crippen LogP contribution >= 0.6 is 0 Å². The molecule has 0 spiro atoms. The first-order valence-corrected chi connectivity index (χ1v) is 9.22. The van der Waals surface area contributed by atoms with Gasteiger partial charge in [-0.3, -0.25) is 14.2 Å². The molecule has 8 nitrogen and oxygen atoms in total. The number of anilines is 1. The molecule has 4 rings (SSSR count). The Kier molecular flexibility index (Phi) is 4.61. The molecule has 2 aromatic heterocycles. The molecule has 1 fully saturated rings. The van der Waals surface area contributed by atoms with Crippen molar-refractivity contribution in [3.63, 3.8) is 0 Å². The van der Waals surface area contributed by atoms with Crippen molar-refractivity contribution in [2.45, 2.75) is 18.9 Å². The third-order valence-electron chi connectivity index (χ3n) is 5.35. The maximum atomic E-state index is 12.8. The summed E-state index contributed by atoms with van der Waals surface area (Å²) in [6, 6.07) is 7.24. The molecule has 144 valence electrons. The Morgan fingerprint density at radius 3 is 2.38 bits per heavy atom. The molecule has 0 amide bonds. The molecule has 8 heteroatoms. The summed E-state index contributed by atoms with van der Waals surface area (Å²) in [6.45, 7) is 1.28. The second-order valence-corrected chi connectivity index (χ2v) is 6.99. The van der Waals surface area contributed by atoms with Gasteiger partial charge in [0.05, 0.1) is 29.0 Å². The number of nitriles is 1. The number of terminal acetylenes is 1. The minimum absolute atomic E-state index is 0.106. The van der Waals surface area contributed by atoms with Gasteiger partial charge >= 0.3 is 11.1 Å². The lowest BCUT2D eigenvalue weighted by Crippen LogP contribution is -2.45. The Labute approximate surface area is 166 Å². The highest BCUT2D eigenvalue weighted by atomic mass is 16.2. The van der Waals surface area contributed by atoms with Gasteiger partial charge in [-0.15, -0.1) is 6.42 Å². The van der Waals surface area contributed by atoms with Gasteiger partial charge in [0.15, 0.2) is 0 Å². The number of hydrogen-bond donors (Lipinski definition) is 0. The highest BCUT2D eigenvalue weighted by Crippen LogP contribution is 2.26. The van der Waals surface area contributed by atoms with Gasteiger partial charge in [0.2, 0.25) is 5.95 Å². The topological polar surface area (TPSA) is 96.8 Å². The van der Waals surface area contributed by atoms with Gasteiger partial charge in [0, 0.05) is 31.7 Å². The first-order valence-electron chi connectivity index (χ1n) is 9.22. The van der Waals surface area contributed by atoms with Crippen LogP contribution in [0.1, 0.15) is 30.0 Å². The maximum absolute atomic E-state index is 12.8. The molecule has 0 aliphatic carbocycles. The number of benzene rings is 1. The minimum Gasteiger partial charge on any atom is -0.341 e. The van der Waals surface area contributed by atoms with Gasteiger partial charge in [0.1, 0.15) is 6.07 Å². The van der Waals surface area contributed by atoms with Crippen LogP contribution in [0.15, 0.2) is 40.2 Å². The highest BCUT2D eigenvalue weighted by molar-refractivity contribution is 5.77. The third-order valence-corrected chi connectivity index (χ3v) is 5.35. The summed E-state index contributed by atoms with van der Waals surface area (Å²) >= 11 is 0. The summed E-state index contributed by atoms with van der Waals surface area (Å²) in [6.07, 6.45) is 9.82. The third kappa shape index (κ3) is 3.15. The monoisotopic (exact) mass is 386 g/mol. The van der Waals surface area contributed by atoms with E-state index in [2.05, 4.69) is 15.9 Å². The molecular formula is C21H18N6O2. The Bertz CT molecular complexity index is 1280. The fourth-order valence-electron chi connectivity index (χ4n) is 3.78. The van der Waals surface area contributed by atoms with Crippen LogP contribution in [-0.4, -0.2) is 32.2 Å². The van der Waals surface area contributed by atoms with Crippen LogP contribution < -0.4 is 16.0 Å². The fourth-order valence-corrected chi connectivity index (χ4v) is 3.78. The van der Waals surface area contributed by atoms with E-state index in [0.717, 1.165) is 0 Å². The predicted molar refractivity (Wildman–Crippen MR) is 109 cm³/mol. The van der Waals surface area contributed by atoms with E-state index < -0.39 is 11.1 Å². The first-order chi connectivity index (χ1) is 14.0. The molecule has 0 bridgehead atoms. The summed E-state index contributed by atoms with van der Waals surface area (Å²) in [5.41, 5.74) is 1.32. The van der Waals surface area contributed by atoms with E-state index in [1.807, 2.05) is 17.0 Å². The fraction of sp³-hybridized carbons (Fsp3) is 0.286. The van der Waals surface area contributed by atoms with Crippen molar-refractivity contribution in [1.29, 1.82) is 5.26 Å². The van der Waals surface area contributed by atoms with E-state index >= 15 is 0 Å². The van der Waals surface area contributed by atoms with Crippen molar-refractivity contribution in [3.05, 3.63) is 62.4 Å². The van der Waals surface area contributed by atoms with Crippen molar-refractivity contribution in [2.75, 3.05) is 18.0 Å². The smallest absolute Gasteiger partial charge is 0.317 e. The van der Waals surface area contributed by atoms with Crippen LogP contribution in [0.4, 0.5) is 5.95 Å². The summed E-state index contributed by atoms with van der Waals surface area (Å²) in [5.74, 6) is 3.13. The first kappa shape index (κ1) is 18.5. The summed E-state index contributed by atoms with van der Waals surface area (Å²) in [7, 11) is 1.58. The van der Waals surface area contributed by atoms with E-state index in [9.17, 15) is 9.59 Å². The molecule has 3 heterocycles. The van der Waals surface area contributed by atoms with Crippen molar-refractivity contribution >= 4 is 17.0 Å². The van der Waals surface area contributed by atoms with Crippen molar-refractivity contribution in [3.8, 4) is 18.4 Å². The zero-order valence-electron chi connectivity index (χ0n) is 15.9. The molecule has 0 unspecified atom stereocenters. The summed E-state index contributed by atoms with van der Waals surface area (Å²) in [5, 5.41) is 8.87. The number of aromatic nitrogens is 4. The van der Waals surface area contributed by atoms with E-state index in [-0.39, 0.29) is 6.04 Å². The van der Waals surface area contributed by atoms with E-state index in [4.69, 9.17) is 11.7 Å². The molecule has 1 aliphatic heterocycles. The van der Waals surface area contributed by atoms with E-state index in [1.165, 1.54) is 17.0 Å². The lowest BCUT2D eigenvalue weighted by atomic mass is 10.0. The van der Waals surface area contributed by atoms with Gasteiger partial charge in [-0.2, -0.15) is 5.26 Å². The molecule has 1 aliphatic rings. The standard InChI is InChI=1S/C21H18N6O2/c1-3-14-4-5-17-18(10-14)25(2)19(28)20(29)27(17)16-6-8-26(9-7-16)21-23-12-15(11-22)13-24-21/h1,4-5,10,12-13,16H,6-9H2,2H3. The number of nitrogens with zero attached hydrogens (tertiary/aromatic N) is 6. The SMILES string of the molecule is C#Cc1ccc2c(c1)n(C)c(=O)c(=O)n2C1CCN(c2ncc(C#N)cn2)CC1. The molecular weight excluding hydrogens is 368 g/mol. The summed E-state index contributed by atoms with van der Waals surface area (Å²) in [4.78, 5) is 35.8. The number of hydrogen-bond acceptors (Lipinski definition) is 6. The molecule has 0 N–H and O–H groups in total. The van der Waals surface area contributed by atoms with Gasteiger partial charge in [-0.25, -0.2) is 9.97 Å². The zero-order chi connectivity index (χ0) is 20.5. The van der Waals surface area contributed by atoms with Gasteiger partial charge in [0.25, 0.3) is 0 Å². The lowest BCUT2D eigenvalue weighted by molar-refractivity contribution is 0.391. The van der Waals surface area contributed by atoms with Crippen LogP contribution in [0.3, 0.4) is 0 Å². The largest absolute Gasteiger partial charge is 0.341 e. The quantitative estimate of drug-likeness (QED) is 0.485. The van der Waals surface area contributed by atoms with E-state index in [0.29, 0.717) is 54.0 Å². The molecule has 3 aromatic rings. The Morgan fingerprint density at radius 1 is 1.07 bits per heavy atom. The minimum atomic E-state index is -0.565. The van der Waals surface area contributed by atoms with Gasteiger partial charge in [-0.05, 0) is 31.0 Å². The Balaban J connectivity index is 1.68. The molecule has 1 aromatic carbocycles. The molecule has 1 saturated heterocycles. The van der Waals surface area contributed by atoms with Crippen LogP contribution in [0.5, 0.6) is 0 Å². The lowest BCUT2D eigenvalue weighted by Gasteiger charge is -2.33. The predicted octanol–water partition coefficient (Wildman–Crippen LogP) is 1.18. The zero-order valence-corrected chi connectivity index (χ0v) is 15.9. The Morgan fingerprint density at radius 2 is 1.76 bits per heavy atom. The normalized spacial score (nSPS) is 14.5. The number of fused-ring (bicyclic) bond motifs is 1. The average Bonchev–Trinajstić information content (AvgIpc) is 2.78. The van der Waals surface area contributed by atoms with Gasteiger partial charge in [-0.1, -0.05) is 5.92 Å². The number of aryl methyl sites for hydroxylation is 1. The second kappa shape index (κ2) is 7.25.